The molecule has 1 aromatic heterocycles. The van der Waals surface area contributed by atoms with Gasteiger partial charge in [-0.15, -0.1) is 0 Å². The van der Waals surface area contributed by atoms with E-state index in [1.165, 1.54) is 12.3 Å². The topological polar surface area (TPSA) is 65.9 Å². The molecule has 0 radical (unpaired) electrons. The molecule has 2 aliphatic rings. The Morgan fingerprint density at radius 1 is 1.29 bits per heavy atom. The van der Waals surface area contributed by atoms with Crippen molar-refractivity contribution in [2.24, 2.45) is 0 Å². The maximum absolute atomic E-state index is 11.0. The quantitative estimate of drug-likeness (QED) is 0.900. The zero-order valence-corrected chi connectivity index (χ0v) is 14.9. The molecule has 1 aromatic rings. The third-order valence-corrected chi connectivity index (χ3v) is 5.08. The van der Waals surface area contributed by atoms with Crippen molar-refractivity contribution in [3.63, 3.8) is 0 Å². The summed E-state index contributed by atoms with van der Waals surface area (Å²) < 4.78 is 5.82. The molecule has 0 unspecified atom stereocenters. The molecule has 3 heterocycles. The SMILES string of the molecule is C[C@@H]1CN(C2CCN(c3ncc(C(=O)O)cc3Cl)CC2)C[C@H](C)O1. The van der Waals surface area contributed by atoms with Gasteiger partial charge in [-0.1, -0.05) is 11.6 Å². The van der Waals surface area contributed by atoms with Crippen molar-refractivity contribution in [3.05, 3.63) is 22.8 Å². The van der Waals surface area contributed by atoms with E-state index in [0.717, 1.165) is 39.0 Å². The highest BCUT2D eigenvalue weighted by molar-refractivity contribution is 6.33. The molecule has 6 nitrogen and oxygen atoms in total. The molecule has 1 N–H and O–H groups in total. The first-order valence-corrected chi connectivity index (χ1v) is 8.85. The molecule has 24 heavy (non-hydrogen) atoms. The van der Waals surface area contributed by atoms with Gasteiger partial charge in [0.25, 0.3) is 0 Å². The van der Waals surface area contributed by atoms with Crippen LogP contribution in [0.3, 0.4) is 0 Å². The van der Waals surface area contributed by atoms with Gasteiger partial charge in [-0.2, -0.15) is 0 Å². The lowest BCUT2D eigenvalue weighted by Crippen LogP contribution is -2.53. The fourth-order valence-corrected chi connectivity index (χ4v) is 4.02. The number of hydrogen-bond donors (Lipinski definition) is 1. The zero-order valence-electron chi connectivity index (χ0n) is 14.1. The van der Waals surface area contributed by atoms with Crippen LogP contribution in [0.25, 0.3) is 0 Å². The average Bonchev–Trinajstić information content (AvgIpc) is 2.54. The fraction of sp³-hybridized carbons (Fsp3) is 0.647. The van der Waals surface area contributed by atoms with Gasteiger partial charge >= 0.3 is 5.97 Å². The molecule has 2 atom stereocenters. The normalized spacial score (nSPS) is 26.5. The van der Waals surface area contributed by atoms with E-state index >= 15 is 0 Å². The molecule has 0 amide bonds. The molecule has 0 spiro atoms. The summed E-state index contributed by atoms with van der Waals surface area (Å²) in [5, 5.41) is 9.41. The number of nitrogens with zero attached hydrogens (tertiary/aromatic N) is 3. The fourth-order valence-electron chi connectivity index (χ4n) is 3.74. The third-order valence-electron chi connectivity index (χ3n) is 4.80. The van der Waals surface area contributed by atoms with Gasteiger partial charge in [-0.25, -0.2) is 9.78 Å². The molecular weight excluding hydrogens is 330 g/mol. The minimum atomic E-state index is -1.01. The van der Waals surface area contributed by atoms with Crippen LogP contribution in [-0.4, -0.2) is 65.4 Å². The van der Waals surface area contributed by atoms with E-state index < -0.39 is 5.97 Å². The predicted molar refractivity (Wildman–Crippen MR) is 93.0 cm³/mol. The Hall–Kier alpha value is -1.37. The number of morpholine rings is 1. The Kier molecular flexibility index (Phi) is 5.27. The second-order valence-electron chi connectivity index (χ2n) is 6.76. The lowest BCUT2D eigenvalue weighted by atomic mass is 10.0. The van der Waals surface area contributed by atoms with Gasteiger partial charge in [0.2, 0.25) is 0 Å². The Morgan fingerprint density at radius 3 is 2.46 bits per heavy atom. The Morgan fingerprint density at radius 2 is 1.92 bits per heavy atom. The van der Waals surface area contributed by atoms with Crippen molar-refractivity contribution in [2.45, 2.75) is 44.9 Å². The number of carboxylic acids is 1. The van der Waals surface area contributed by atoms with Crippen LogP contribution in [0, 0.1) is 0 Å². The Bertz CT molecular complexity index is 595. The summed E-state index contributed by atoms with van der Waals surface area (Å²) in [4.78, 5) is 19.9. The standard InChI is InChI=1S/C17H24ClN3O3/c1-11-9-21(10-12(2)24-11)14-3-5-20(6-4-14)16-15(18)7-13(8-19-16)17(22)23/h7-8,11-12,14H,3-6,9-10H2,1-2H3,(H,22,23)/t11-,12+. The summed E-state index contributed by atoms with van der Waals surface area (Å²) in [6, 6.07) is 2.04. The Labute approximate surface area is 147 Å². The molecule has 0 aliphatic carbocycles. The van der Waals surface area contributed by atoms with Gasteiger partial charge in [0, 0.05) is 38.4 Å². The van der Waals surface area contributed by atoms with Crippen molar-refractivity contribution in [1.82, 2.24) is 9.88 Å². The van der Waals surface area contributed by atoms with Gasteiger partial charge in [-0.3, -0.25) is 4.90 Å². The van der Waals surface area contributed by atoms with Crippen LogP contribution < -0.4 is 4.90 Å². The van der Waals surface area contributed by atoms with Crippen LogP contribution in [0.15, 0.2) is 12.3 Å². The van der Waals surface area contributed by atoms with Gasteiger partial charge in [0.1, 0.15) is 5.82 Å². The first kappa shape index (κ1) is 17.5. The van der Waals surface area contributed by atoms with E-state index in [-0.39, 0.29) is 17.8 Å². The molecular formula is C17H24ClN3O3. The summed E-state index contributed by atoms with van der Waals surface area (Å²) in [6.07, 6.45) is 4.05. The third kappa shape index (κ3) is 3.82. The van der Waals surface area contributed by atoms with Gasteiger partial charge < -0.3 is 14.7 Å². The van der Waals surface area contributed by atoms with Crippen molar-refractivity contribution >= 4 is 23.4 Å². The van der Waals surface area contributed by atoms with E-state index in [2.05, 4.69) is 28.6 Å². The highest BCUT2D eigenvalue weighted by Crippen LogP contribution is 2.29. The van der Waals surface area contributed by atoms with Gasteiger partial charge in [0.15, 0.2) is 0 Å². The smallest absolute Gasteiger partial charge is 0.337 e. The number of carbonyl (C=O) groups is 1. The van der Waals surface area contributed by atoms with Gasteiger partial charge in [-0.05, 0) is 32.8 Å². The van der Waals surface area contributed by atoms with Crippen LogP contribution in [0.5, 0.6) is 0 Å². The zero-order chi connectivity index (χ0) is 17.3. The highest BCUT2D eigenvalue weighted by Gasteiger charge is 2.31. The summed E-state index contributed by atoms with van der Waals surface area (Å²) in [5.74, 6) is -0.325. The van der Waals surface area contributed by atoms with Crippen LogP contribution in [-0.2, 0) is 4.74 Å². The maximum Gasteiger partial charge on any atom is 0.337 e. The molecule has 2 saturated heterocycles. The number of halogens is 1. The van der Waals surface area contributed by atoms with E-state index in [1.807, 2.05) is 0 Å². The minimum absolute atomic E-state index is 0.120. The molecule has 7 heteroatoms. The number of aromatic nitrogens is 1. The highest BCUT2D eigenvalue weighted by atomic mass is 35.5. The summed E-state index contributed by atoms with van der Waals surface area (Å²) in [5.41, 5.74) is 0.120. The number of hydrogen-bond acceptors (Lipinski definition) is 5. The number of anilines is 1. The number of ether oxygens (including phenoxy) is 1. The second-order valence-corrected chi connectivity index (χ2v) is 7.17. The minimum Gasteiger partial charge on any atom is -0.478 e. The van der Waals surface area contributed by atoms with E-state index in [4.69, 9.17) is 21.4 Å². The summed E-state index contributed by atoms with van der Waals surface area (Å²) >= 11 is 6.24. The first-order valence-electron chi connectivity index (χ1n) is 8.47. The Balaban J connectivity index is 1.62. The van der Waals surface area contributed by atoms with E-state index in [1.54, 1.807) is 0 Å². The molecule has 2 fully saturated rings. The van der Waals surface area contributed by atoms with Crippen LogP contribution in [0.2, 0.25) is 5.02 Å². The molecule has 0 aromatic carbocycles. The van der Waals surface area contributed by atoms with Crippen molar-refractivity contribution in [1.29, 1.82) is 0 Å². The van der Waals surface area contributed by atoms with E-state index in [9.17, 15) is 4.79 Å². The van der Waals surface area contributed by atoms with Crippen molar-refractivity contribution < 1.29 is 14.6 Å². The number of aromatic carboxylic acids is 1. The lowest BCUT2D eigenvalue weighted by Gasteiger charge is -2.43. The van der Waals surface area contributed by atoms with Gasteiger partial charge in [0.05, 0.1) is 22.8 Å². The average molecular weight is 354 g/mol. The number of piperidine rings is 1. The molecule has 0 bridgehead atoms. The predicted octanol–water partition coefficient (Wildman–Crippen LogP) is 2.51. The van der Waals surface area contributed by atoms with Crippen LogP contribution >= 0.6 is 11.6 Å². The lowest BCUT2D eigenvalue weighted by molar-refractivity contribution is -0.0826. The second kappa shape index (κ2) is 7.25. The maximum atomic E-state index is 11.0. The monoisotopic (exact) mass is 353 g/mol. The molecule has 3 rings (SSSR count). The van der Waals surface area contributed by atoms with Crippen LogP contribution in [0.4, 0.5) is 5.82 Å². The number of pyridine rings is 1. The number of rotatable bonds is 3. The summed E-state index contributed by atoms with van der Waals surface area (Å²) in [6.45, 7) is 7.99. The molecule has 0 saturated carbocycles. The largest absolute Gasteiger partial charge is 0.478 e. The molecule has 132 valence electrons. The van der Waals surface area contributed by atoms with E-state index in [0.29, 0.717) is 16.9 Å². The first-order chi connectivity index (χ1) is 11.4. The van der Waals surface area contributed by atoms with Crippen molar-refractivity contribution in [2.75, 3.05) is 31.1 Å². The van der Waals surface area contributed by atoms with Crippen LogP contribution in [0.1, 0.15) is 37.0 Å². The molecule has 2 aliphatic heterocycles. The van der Waals surface area contributed by atoms with Crippen molar-refractivity contribution in [3.8, 4) is 0 Å². The summed E-state index contributed by atoms with van der Waals surface area (Å²) in [7, 11) is 0. The number of carboxylic acid groups (broad SMARTS) is 1.